The van der Waals surface area contributed by atoms with E-state index in [1.807, 2.05) is 23.1 Å². The Labute approximate surface area is 185 Å². The fraction of sp³-hybridized carbons (Fsp3) is 0.350. The van der Waals surface area contributed by atoms with Gasteiger partial charge in [-0.05, 0) is 41.8 Å². The third-order valence-corrected chi connectivity index (χ3v) is 6.17. The number of hydrogen-bond acceptors (Lipinski definition) is 3. The van der Waals surface area contributed by atoms with Gasteiger partial charge in [-0.2, -0.15) is 0 Å². The van der Waals surface area contributed by atoms with Crippen LogP contribution in [0.15, 0.2) is 36.4 Å². The van der Waals surface area contributed by atoms with Gasteiger partial charge in [0.25, 0.3) is 0 Å². The number of nitrogens with zero attached hydrogens (tertiary/aromatic N) is 2. The number of carbonyl (C=O) groups excluding carboxylic acids is 1. The van der Waals surface area contributed by atoms with Crippen molar-refractivity contribution < 1.29 is 4.79 Å². The highest BCUT2D eigenvalue weighted by Gasteiger charge is 2.26. The average molecular weight is 461 g/mol. The van der Waals surface area contributed by atoms with Crippen LogP contribution in [0, 0.1) is 0 Å². The van der Waals surface area contributed by atoms with Gasteiger partial charge in [0, 0.05) is 42.8 Å². The zero-order chi connectivity index (χ0) is 20.3. The lowest BCUT2D eigenvalue weighted by molar-refractivity contribution is -0.134. The normalized spacial score (nSPS) is 16.2. The van der Waals surface area contributed by atoms with Gasteiger partial charge < -0.3 is 10.6 Å². The van der Waals surface area contributed by atoms with Crippen LogP contribution in [-0.4, -0.2) is 47.9 Å². The number of carbonyl (C=O) groups is 1. The highest BCUT2D eigenvalue weighted by atomic mass is 35.5. The highest BCUT2D eigenvalue weighted by molar-refractivity contribution is 6.42. The minimum Gasteiger partial charge on any atom is -0.339 e. The van der Waals surface area contributed by atoms with E-state index in [9.17, 15) is 4.79 Å². The molecule has 0 aromatic heterocycles. The van der Waals surface area contributed by atoms with Gasteiger partial charge in [-0.15, -0.1) is 0 Å². The van der Waals surface area contributed by atoms with Gasteiger partial charge >= 0.3 is 0 Å². The van der Waals surface area contributed by atoms with Crippen LogP contribution in [0.2, 0.25) is 20.1 Å². The fourth-order valence-electron chi connectivity index (χ4n) is 3.27. The quantitative estimate of drug-likeness (QED) is 0.713. The third-order valence-electron chi connectivity index (χ3n) is 4.85. The smallest absolute Gasteiger partial charge is 0.239 e. The van der Waals surface area contributed by atoms with Crippen LogP contribution < -0.4 is 5.73 Å². The number of hydrogen-bond donors (Lipinski definition) is 1. The number of piperazine rings is 1. The molecule has 0 radical (unpaired) electrons. The lowest BCUT2D eigenvalue weighted by atomic mass is 10.0. The van der Waals surface area contributed by atoms with E-state index in [2.05, 4.69) is 4.90 Å². The molecule has 1 unspecified atom stereocenters. The molecule has 1 aliphatic heterocycles. The monoisotopic (exact) mass is 459 g/mol. The van der Waals surface area contributed by atoms with Crippen LogP contribution in [0.25, 0.3) is 0 Å². The van der Waals surface area contributed by atoms with Crippen molar-refractivity contribution in [3.05, 3.63) is 67.6 Å². The lowest BCUT2D eigenvalue weighted by Gasteiger charge is -2.36. The van der Waals surface area contributed by atoms with Gasteiger partial charge in [0.2, 0.25) is 5.91 Å². The van der Waals surface area contributed by atoms with Crippen LogP contribution in [-0.2, 0) is 17.8 Å². The van der Waals surface area contributed by atoms with E-state index in [4.69, 9.17) is 52.1 Å². The molecule has 1 saturated heterocycles. The first-order valence-corrected chi connectivity index (χ1v) is 10.5. The van der Waals surface area contributed by atoms with Gasteiger partial charge in [0.15, 0.2) is 0 Å². The van der Waals surface area contributed by atoms with E-state index in [1.54, 1.807) is 18.2 Å². The van der Waals surface area contributed by atoms with Gasteiger partial charge in [-0.25, -0.2) is 0 Å². The summed E-state index contributed by atoms with van der Waals surface area (Å²) in [6, 6.07) is 10.3. The topological polar surface area (TPSA) is 49.6 Å². The molecule has 3 rings (SSSR count). The Bertz CT molecular complexity index is 853. The Morgan fingerprint density at radius 3 is 2.29 bits per heavy atom. The first-order chi connectivity index (χ1) is 13.3. The third kappa shape index (κ3) is 5.53. The Morgan fingerprint density at radius 2 is 1.64 bits per heavy atom. The summed E-state index contributed by atoms with van der Waals surface area (Å²) in [6.07, 6.45) is 0.387. The van der Waals surface area contributed by atoms with Crippen molar-refractivity contribution in [1.82, 2.24) is 9.80 Å². The molecule has 1 aliphatic rings. The molecule has 150 valence electrons. The molecule has 1 heterocycles. The molecule has 4 nitrogen and oxygen atoms in total. The van der Waals surface area contributed by atoms with Gasteiger partial charge in [-0.3, -0.25) is 9.69 Å². The minimum atomic E-state index is -0.625. The van der Waals surface area contributed by atoms with Crippen LogP contribution in [0.5, 0.6) is 0 Å². The second kappa shape index (κ2) is 9.66. The van der Waals surface area contributed by atoms with E-state index in [-0.39, 0.29) is 5.91 Å². The van der Waals surface area contributed by atoms with Gasteiger partial charge in [0.05, 0.1) is 16.1 Å². The first kappa shape index (κ1) is 21.7. The molecule has 8 heteroatoms. The summed E-state index contributed by atoms with van der Waals surface area (Å²) in [5.74, 6) is -0.0554. The van der Waals surface area contributed by atoms with Crippen molar-refractivity contribution >= 4 is 52.3 Å². The van der Waals surface area contributed by atoms with Crippen molar-refractivity contribution in [3.8, 4) is 0 Å². The standard InChI is InChI=1S/C20H21Cl4N3O/c21-15-3-2-14(17(23)11-15)10-19(25)20(28)27-7-5-26(6-8-27)12-13-1-4-16(22)18(24)9-13/h1-4,9,11,19H,5-8,10,12,25H2. The van der Waals surface area contributed by atoms with Crippen LogP contribution in [0.4, 0.5) is 0 Å². The van der Waals surface area contributed by atoms with Crippen molar-refractivity contribution in [3.63, 3.8) is 0 Å². The zero-order valence-corrected chi connectivity index (χ0v) is 18.2. The molecule has 1 atom stereocenters. The Kier molecular flexibility index (Phi) is 7.48. The van der Waals surface area contributed by atoms with Crippen molar-refractivity contribution in [2.75, 3.05) is 26.2 Å². The fourth-order valence-corrected chi connectivity index (χ4v) is 4.07. The van der Waals surface area contributed by atoms with E-state index in [1.165, 1.54) is 0 Å². The van der Waals surface area contributed by atoms with Crippen molar-refractivity contribution in [2.24, 2.45) is 5.73 Å². The summed E-state index contributed by atoms with van der Waals surface area (Å²) in [7, 11) is 0. The number of nitrogens with two attached hydrogens (primary N) is 1. The maximum atomic E-state index is 12.7. The molecular weight excluding hydrogens is 440 g/mol. The van der Waals surface area contributed by atoms with Crippen molar-refractivity contribution in [1.29, 1.82) is 0 Å². The minimum absolute atomic E-state index is 0.0554. The molecule has 0 aliphatic carbocycles. The molecule has 2 aromatic carbocycles. The Morgan fingerprint density at radius 1 is 0.929 bits per heavy atom. The SMILES string of the molecule is NC(Cc1ccc(Cl)cc1Cl)C(=O)N1CCN(Cc2ccc(Cl)c(Cl)c2)CC1. The Hall–Kier alpha value is -1.01. The van der Waals surface area contributed by atoms with E-state index in [0.29, 0.717) is 39.6 Å². The molecule has 0 saturated carbocycles. The lowest BCUT2D eigenvalue weighted by Crippen LogP contribution is -2.53. The summed E-state index contributed by atoms with van der Waals surface area (Å²) in [5.41, 5.74) is 8.08. The molecule has 2 aromatic rings. The number of amides is 1. The van der Waals surface area contributed by atoms with Crippen molar-refractivity contribution in [2.45, 2.75) is 19.0 Å². The molecule has 0 spiro atoms. The number of benzene rings is 2. The second-order valence-corrected chi connectivity index (χ2v) is 8.55. The van der Waals surface area contributed by atoms with Gasteiger partial charge in [-0.1, -0.05) is 58.5 Å². The molecule has 1 fully saturated rings. The van der Waals surface area contributed by atoms with E-state index < -0.39 is 6.04 Å². The highest BCUT2D eigenvalue weighted by Crippen LogP contribution is 2.24. The summed E-state index contributed by atoms with van der Waals surface area (Å²) < 4.78 is 0. The second-order valence-electron chi connectivity index (χ2n) is 6.90. The largest absolute Gasteiger partial charge is 0.339 e. The van der Waals surface area contributed by atoms with Crippen LogP contribution in [0.3, 0.4) is 0 Å². The Balaban J connectivity index is 1.52. The van der Waals surface area contributed by atoms with E-state index >= 15 is 0 Å². The predicted molar refractivity (Wildman–Crippen MR) is 116 cm³/mol. The zero-order valence-electron chi connectivity index (χ0n) is 15.2. The first-order valence-electron chi connectivity index (χ1n) is 8.98. The molecule has 2 N–H and O–H groups in total. The molecule has 1 amide bonds. The molecule has 0 bridgehead atoms. The van der Waals surface area contributed by atoms with Crippen LogP contribution in [0.1, 0.15) is 11.1 Å². The number of halogens is 4. The summed E-state index contributed by atoms with van der Waals surface area (Å²) in [4.78, 5) is 16.8. The number of rotatable bonds is 5. The maximum absolute atomic E-state index is 12.7. The van der Waals surface area contributed by atoms with Gasteiger partial charge in [0.1, 0.15) is 0 Å². The average Bonchev–Trinajstić information content (AvgIpc) is 2.67. The van der Waals surface area contributed by atoms with E-state index in [0.717, 1.165) is 30.8 Å². The predicted octanol–water partition coefficient (Wildman–Crippen LogP) is 4.51. The summed E-state index contributed by atoms with van der Waals surface area (Å²) in [5, 5.41) is 2.20. The molecule has 28 heavy (non-hydrogen) atoms. The maximum Gasteiger partial charge on any atom is 0.239 e. The summed E-state index contributed by atoms with van der Waals surface area (Å²) in [6.45, 7) is 3.61. The van der Waals surface area contributed by atoms with Crippen LogP contribution >= 0.6 is 46.4 Å². The summed E-state index contributed by atoms with van der Waals surface area (Å²) >= 11 is 24.2. The molecular formula is C20H21Cl4N3O.